The number of ether oxygens (including phenoxy) is 1. The highest BCUT2D eigenvalue weighted by atomic mass is 19.1. The molecule has 2 amide bonds. The van der Waals surface area contributed by atoms with Gasteiger partial charge in [-0.3, -0.25) is 14.6 Å². The van der Waals surface area contributed by atoms with Crippen LogP contribution in [0.25, 0.3) is 0 Å². The number of amides is 2. The summed E-state index contributed by atoms with van der Waals surface area (Å²) in [5.41, 5.74) is 6.61. The number of likely N-dealkylation sites (tertiary alicyclic amines) is 1. The largest absolute Gasteiger partial charge is 0.490 e. The van der Waals surface area contributed by atoms with Crippen LogP contribution in [0.2, 0.25) is 0 Å². The van der Waals surface area contributed by atoms with Gasteiger partial charge >= 0.3 is 0 Å². The summed E-state index contributed by atoms with van der Waals surface area (Å²) in [5.74, 6) is -0.612. The molecule has 1 aromatic heterocycles. The number of primary amides is 1. The first-order valence-corrected chi connectivity index (χ1v) is 8.85. The van der Waals surface area contributed by atoms with Crippen molar-refractivity contribution in [2.45, 2.75) is 25.9 Å². The highest BCUT2D eigenvalue weighted by Gasteiger charge is 2.34. The molecule has 1 fully saturated rings. The third-order valence-electron chi connectivity index (χ3n) is 4.75. The van der Waals surface area contributed by atoms with Crippen molar-refractivity contribution in [2.24, 2.45) is 11.7 Å². The van der Waals surface area contributed by atoms with Gasteiger partial charge < -0.3 is 15.4 Å². The Morgan fingerprint density at radius 1 is 1.30 bits per heavy atom. The Kier molecular flexibility index (Phi) is 5.69. The second-order valence-electron chi connectivity index (χ2n) is 6.72. The maximum atomic E-state index is 13.1. The first kappa shape index (κ1) is 18.8. The molecule has 1 aromatic carbocycles. The van der Waals surface area contributed by atoms with Gasteiger partial charge in [-0.25, -0.2) is 4.39 Å². The Balaban J connectivity index is 1.74. The number of piperidine rings is 1. The summed E-state index contributed by atoms with van der Waals surface area (Å²) in [4.78, 5) is 30.2. The molecular weight excluding hydrogens is 349 g/mol. The van der Waals surface area contributed by atoms with Gasteiger partial charge in [-0.05, 0) is 43.3 Å². The second kappa shape index (κ2) is 8.16. The van der Waals surface area contributed by atoms with E-state index in [1.807, 2.05) is 0 Å². The second-order valence-corrected chi connectivity index (χ2v) is 6.72. The molecule has 3 rings (SSSR count). The lowest BCUT2D eigenvalue weighted by atomic mass is 9.90. The average Bonchev–Trinajstić information content (AvgIpc) is 2.64. The first-order valence-electron chi connectivity index (χ1n) is 8.85. The molecule has 0 spiro atoms. The van der Waals surface area contributed by atoms with Crippen LogP contribution in [-0.2, 0) is 4.79 Å². The number of carbonyl (C=O) groups excluding carboxylic acids is 2. The van der Waals surface area contributed by atoms with Gasteiger partial charge in [-0.15, -0.1) is 0 Å². The molecule has 0 saturated carbocycles. The van der Waals surface area contributed by atoms with Crippen molar-refractivity contribution in [3.05, 3.63) is 59.7 Å². The zero-order valence-corrected chi connectivity index (χ0v) is 15.1. The molecular formula is C20H22FN3O3. The Labute approximate surface area is 157 Å². The average molecular weight is 371 g/mol. The summed E-state index contributed by atoms with van der Waals surface area (Å²) in [6.45, 7) is 2.65. The van der Waals surface area contributed by atoms with Crippen molar-refractivity contribution in [1.29, 1.82) is 0 Å². The normalized spacial score (nSPS) is 19.6. The van der Waals surface area contributed by atoms with Gasteiger partial charge in [-0.1, -0.05) is 0 Å². The van der Waals surface area contributed by atoms with Gasteiger partial charge in [0.1, 0.15) is 17.7 Å². The zero-order valence-electron chi connectivity index (χ0n) is 15.1. The van der Waals surface area contributed by atoms with Crippen molar-refractivity contribution in [3.63, 3.8) is 0 Å². The minimum Gasteiger partial charge on any atom is -0.490 e. The fourth-order valence-electron chi connectivity index (χ4n) is 3.37. The minimum absolute atomic E-state index is 0.113. The number of pyridine rings is 1. The molecule has 1 saturated heterocycles. The highest BCUT2D eigenvalue weighted by molar-refractivity contribution is 5.95. The number of aromatic nitrogens is 1. The van der Waals surface area contributed by atoms with E-state index in [1.54, 1.807) is 42.3 Å². The lowest BCUT2D eigenvalue weighted by Gasteiger charge is -2.38. The third-order valence-corrected chi connectivity index (χ3v) is 4.75. The molecule has 0 unspecified atom stereocenters. The molecule has 2 atom stereocenters. The smallest absolute Gasteiger partial charge is 0.255 e. The molecule has 0 radical (unpaired) electrons. The zero-order chi connectivity index (χ0) is 19.4. The molecule has 0 aliphatic carbocycles. The number of benzene rings is 1. The van der Waals surface area contributed by atoms with E-state index in [2.05, 4.69) is 4.98 Å². The Morgan fingerprint density at radius 2 is 2.04 bits per heavy atom. The number of hydrogen-bond donors (Lipinski definition) is 1. The SMILES string of the molecule is Cc1ncccc1C(=O)N1CC[C@H](Oc2ccc(F)cc2)[C@@H](CC(N)=O)C1. The fourth-order valence-corrected chi connectivity index (χ4v) is 3.37. The molecule has 0 bridgehead atoms. The quantitative estimate of drug-likeness (QED) is 0.874. The van der Waals surface area contributed by atoms with Crippen molar-refractivity contribution < 1.29 is 18.7 Å². The highest BCUT2D eigenvalue weighted by Crippen LogP contribution is 2.27. The first-order chi connectivity index (χ1) is 12.9. The molecule has 27 heavy (non-hydrogen) atoms. The topological polar surface area (TPSA) is 85.5 Å². The van der Waals surface area contributed by atoms with Crippen LogP contribution in [0.5, 0.6) is 5.75 Å². The monoisotopic (exact) mass is 371 g/mol. The summed E-state index contributed by atoms with van der Waals surface area (Å²) in [6, 6.07) is 9.21. The van der Waals surface area contributed by atoms with Gasteiger partial charge in [0, 0.05) is 43.7 Å². The number of carbonyl (C=O) groups is 2. The van der Waals surface area contributed by atoms with Gasteiger partial charge in [-0.2, -0.15) is 0 Å². The predicted molar refractivity (Wildman–Crippen MR) is 97.6 cm³/mol. The van der Waals surface area contributed by atoms with Gasteiger partial charge in [0.25, 0.3) is 5.91 Å². The lowest BCUT2D eigenvalue weighted by Crippen LogP contribution is -2.49. The van der Waals surface area contributed by atoms with E-state index < -0.39 is 5.91 Å². The molecule has 6 nitrogen and oxygen atoms in total. The molecule has 2 aromatic rings. The van der Waals surface area contributed by atoms with Crippen molar-refractivity contribution >= 4 is 11.8 Å². The van der Waals surface area contributed by atoms with E-state index in [1.165, 1.54) is 12.1 Å². The number of rotatable bonds is 5. The van der Waals surface area contributed by atoms with Gasteiger partial charge in [0.2, 0.25) is 5.91 Å². The van der Waals surface area contributed by atoms with E-state index in [4.69, 9.17) is 10.5 Å². The Hall–Kier alpha value is -2.96. The van der Waals surface area contributed by atoms with Gasteiger partial charge in [0.05, 0.1) is 5.56 Å². The summed E-state index contributed by atoms with van der Waals surface area (Å²) in [7, 11) is 0. The van der Waals surface area contributed by atoms with Crippen LogP contribution in [0.4, 0.5) is 4.39 Å². The summed E-state index contributed by atoms with van der Waals surface area (Å²) in [6.07, 6.45) is 2.04. The van der Waals surface area contributed by atoms with Crippen LogP contribution < -0.4 is 10.5 Å². The maximum absolute atomic E-state index is 13.1. The van der Waals surface area contributed by atoms with Gasteiger partial charge in [0.15, 0.2) is 0 Å². The number of halogens is 1. The maximum Gasteiger partial charge on any atom is 0.255 e. The fraction of sp³-hybridized carbons (Fsp3) is 0.350. The van der Waals surface area contributed by atoms with Crippen LogP contribution in [0.1, 0.15) is 28.9 Å². The van der Waals surface area contributed by atoms with Crippen LogP contribution in [0.15, 0.2) is 42.6 Å². The number of nitrogens with two attached hydrogens (primary N) is 1. The van der Waals surface area contributed by atoms with E-state index in [-0.39, 0.29) is 30.2 Å². The summed E-state index contributed by atoms with van der Waals surface area (Å²) < 4.78 is 19.0. The number of hydrogen-bond acceptors (Lipinski definition) is 4. The summed E-state index contributed by atoms with van der Waals surface area (Å²) >= 11 is 0. The number of aryl methyl sites for hydroxylation is 1. The molecule has 2 N–H and O–H groups in total. The minimum atomic E-state index is -0.445. The molecule has 2 heterocycles. The van der Waals surface area contributed by atoms with E-state index in [9.17, 15) is 14.0 Å². The summed E-state index contributed by atoms with van der Waals surface area (Å²) in [5, 5.41) is 0. The van der Waals surface area contributed by atoms with Crippen molar-refractivity contribution in [1.82, 2.24) is 9.88 Å². The Bertz CT molecular complexity index is 825. The van der Waals surface area contributed by atoms with E-state index >= 15 is 0 Å². The molecule has 142 valence electrons. The van der Waals surface area contributed by atoms with E-state index in [0.717, 1.165) is 0 Å². The lowest BCUT2D eigenvalue weighted by molar-refractivity contribution is -0.120. The van der Waals surface area contributed by atoms with E-state index in [0.29, 0.717) is 36.5 Å². The predicted octanol–water partition coefficient (Wildman–Crippen LogP) is 2.31. The number of nitrogens with zero attached hydrogens (tertiary/aromatic N) is 2. The van der Waals surface area contributed by atoms with Crippen LogP contribution in [0.3, 0.4) is 0 Å². The standard InChI is InChI=1S/C20H22FN3O3/c1-13-17(3-2-9-23-13)20(26)24-10-8-18(14(12-24)11-19(22)25)27-16-6-4-15(21)5-7-16/h2-7,9,14,18H,8,10-12H2,1H3,(H2,22,25)/t14-,18-/m0/s1. The third kappa shape index (κ3) is 4.61. The van der Waals surface area contributed by atoms with Crippen LogP contribution >= 0.6 is 0 Å². The van der Waals surface area contributed by atoms with Crippen LogP contribution in [-0.4, -0.2) is 40.9 Å². The Morgan fingerprint density at radius 3 is 2.70 bits per heavy atom. The molecule has 1 aliphatic rings. The molecule has 1 aliphatic heterocycles. The molecule has 7 heteroatoms. The van der Waals surface area contributed by atoms with Crippen molar-refractivity contribution in [2.75, 3.05) is 13.1 Å². The van der Waals surface area contributed by atoms with Crippen molar-refractivity contribution in [3.8, 4) is 5.75 Å². The van der Waals surface area contributed by atoms with Crippen LogP contribution in [0, 0.1) is 18.7 Å².